The Morgan fingerprint density at radius 1 is 0.388 bits per heavy atom. The molecule has 67 heavy (non-hydrogen) atoms. The van der Waals surface area contributed by atoms with Gasteiger partial charge in [0.2, 0.25) is 0 Å². The lowest BCUT2D eigenvalue weighted by molar-refractivity contribution is 0.590. The van der Waals surface area contributed by atoms with E-state index in [1.165, 1.54) is 72.5 Å². The number of nitrogens with zero attached hydrogens (tertiary/aromatic N) is 4. The zero-order chi connectivity index (χ0) is 45.9. The molecule has 11 aromatic rings. The number of hydrogen-bond acceptors (Lipinski definition) is 4. The molecule has 0 aliphatic carbocycles. The lowest BCUT2D eigenvalue weighted by Gasteiger charge is -2.26. The first-order valence-corrected chi connectivity index (χ1v) is 23.9. The van der Waals surface area contributed by atoms with Crippen molar-refractivity contribution in [1.29, 1.82) is 0 Å². The van der Waals surface area contributed by atoms with Gasteiger partial charge in [-0.05, 0) is 128 Å². The molecule has 0 unspecified atom stereocenters. The van der Waals surface area contributed by atoms with E-state index in [-0.39, 0.29) is 10.8 Å². The topological polar surface area (TPSA) is 34.0 Å². The smallest absolute Gasteiger partial charge is 0.129 e. The van der Waals surface area contributed by atoms with Crippen molar-refractivity contribution in [3.8, 4) is 50.2 Å². The fourth-order valence-corrected chi connectivity index (χ4v) is 10.0. The summed E-state index contributed by atoms with van der Waals surface area (Å²) in [7, 11) is 0. The molecule has 0 N–H and O–H groups in total. The highest BCUT2D eigenvalue weighted by molar-refractivity contribution is 7.00. The molecular formula is C62H52N4S. The first-order valence-electron chi connectivity index (χ1n) is 23.1. The highest BCUT2D eigenvalue weighted by Crippen LogP contribution is 2.44. The van der Waals surface area contributed by atoms with E-state index in [4.69, 9.17) is 8.75 Å². The summed E-state index contributed by atoms with van der Waals surface area (Å²) in [6, 6.07) is 75.2. The Hall–Kier alpha value is -7.60. The first kappa shape index (κ1) is 42.1. The van der Waals surface area contributed by atoms with Crippen molar-refractivity contribution in [2.24, 2.45) is 0 Å². The molecule has 0 spiro atoms. The van der Waals surface area contributed by atoms with Gasteiger partial charge in [-0.1, -0.05) is 181 Å². The molecule has 0 saturated carbocycles. The Morgan fingerprint density at radius 3 is 1.39 bits per heavy atom. The zero-order valence-corrected chi connectivity index (χ0v) is 39.6. The molecule has 0 amide bonds. The first-order chi connectivity index (χ1) is 32.5. The van der Waals surface area contributed by atoms with Gasteiger partial charge >= 0.3 is 0 Å². The van der Waals surface area contributed by atoms with Crippen molar-refractivity contribution < 1.29 is 0 Å². The van der Waals surface area contributed by atoms with E-state index < -0.39 is 0 Å². The maximum absolute atomic E-state index is 5.03. The minimum Gasteiger partial charge on any atom is -0.309 e. The van der Waals surface area contributed by atoms with Crippen LogP contribution in [0.4, 0.5) is 17.1 Å². The molecule has 0 bridgehead atoms. The number of para-hydroxylation sites is 1. The van der Waals surface area contributed by atoms with Crippen molar-refractivity contribution >= 4 is 61.6 Å². The van der Waals surface area contributed by atoms with Crippen LogP contribution < -0.4 is 4.90 Å². The summed E-state index contributed by atoms with van der Waals surface area (Å²) in [5, 5.41) is 2.41. The summed E-state index contributed by atoms with van der Waals surface area (Å²) in [5.41, 5.74) is 20.5. The number of benzene rings is 9. The molecule has 11 rings (SSSR count). The summed E-state index contributed by atoms with van der Waals surface area (Å²) < 4.78 is 12.4. The zero-order valence-electron chi connectivity index (χ0n) is 38.8. The van der Waals surface area contributed by atoms with Crippen molar-refractivity contribution in [3.63, 3.8) is 0 Å². The van der Waals surface area contributed by atoms with Crippen LogP contribution in [0.1, 0.15) is 52.7 Å². The van der Waals surface area contributed by atoms with Crippen LogP contribution in [0.3, 0.4) is 0 Å². The number of hydrogen-bond donors (Lipinski definition) is 0. The predicted octanol–water partition coefficient (Wildman–Crippen LogP) is 17.5. The van der Waals surface area contributed by atoms with Gasteiger partial charge in [0.25, 0.3) is 0 Å². The van der Waals surface area contributed by atoms with Crippen LogP contribution in [-0.2, 0) is 10.8 Å². The maximum atomic E-state index is 5.03. The molecule has 5 heteroatoms. The van der Waals surface area contributed by atoms with Crippen LogP contribution in [0.5, 0.6) is 0 Å². The summed E-state index contributed by atoms with van der Waals surface area (Å²) in [4.78, 5) is 2.33. The molecule has 0 aliphatic rings. The van der Waals surface area contributed by atoms with Gasteiger partial charge in [0.15, 0.2) is 0 Å². The van der Waals surface area contributed by atoms with Gasteiger partial charge in [0.1, 0.15) is 11.0 Å². The Kier molecular flexibility index (Phi) is 10.5. The third kappa shape index (κ3) is 7.89. The largest absolute Gasteiger partial charge is 0.309 e. The van der Waals surface area contributed by atoms with Crippen LogP contribution in [0, 0.1) is 0 Å². The normalized spacial score (nSPS) is 12.0. The van der Waals surface area contributed by atoms with Crippen LogP contribution in [0.25, 0.3) is 83.0 Å². The Bertz CT molecular complexity index is 3430. The summed E-state index contributed by atoms with van der Waals surface area (Å²) in [6.45, 7) is 13.5. The summed E-state index contributed by atoms with van der Waals surface area (Å²) in [6.07, 6.45) is 0. The average molecular weight is 885 g/mol. The fraction of sp³-hybridized carbons (Fsp3) is 0.129. The van der Waals surface area contributed by atoms with E-state index in [2.05, 4.69) is 257 Å². The van der Waals surface area contributed by atoms with Gasteiger partial charge in [0, 0.05) is 33.4 Å². The number of fused-ring (bicyclic) bond motifs is 4. The monoisotopic (exact) mass is 884 g/mol. The molecule has 2 aromatic heterocycles. The van der Waals surface area contributed by atoms with Crippen molar-refractivity contribution in [1.82, 2.24) is 13.3 Å². The van der Waals surface area contributed by atoms with Gasteiger partial charge in [0.05, 0.1) is 28.4 Å². The van der Waals surface area contributed by atoms with Crippen LogP contribution in [-0.4, -0.2) is 13.3 Å². The van der Waals surface area contributed by atoms with Gasteiger partial charge in [-0.15, -0.1) is 0 Å². The second-order valence-corrected chi connectivity index (χ2v) is 20.2. The highest BCUT2D eigenvalue weighted by atomic mass is 32.1. The Balaban J connectivity index is 0.990. The van der Waals surface area contributed by atoms with Gasteiger partial charge in [-0.25, -0.2) is 0 Å². The van der Waals surface area contributed by atoms with E-state index in [1.807, 2.05) is 0 Å². The molecule has 0 saturated heterocycles. The second-order valence-electron chi connectivity index (χ2n) is 19.7. The van der Waals surface area contributed by atoms with E-state index in [1.54, 1.807) is 0 Å². The number of aromatic nitrogens is 3. The fourth-order valence-electron chi connectivity index (χ4n) is 9.48. The summed E-state index contributed by atoms with van der Waals surface area (Å²) >= 11 is 1.26. The van der Waals surface area contributed by atoms with E-state index >= 15 is 0 Å². The molecule has 0 fully saturated rings. The van der Waals surface area contributed by atoms with Crippen LogP contribution >= 0.6 is 11.7 Å². The Labute approximate surface area is 397 Å². The second kappa shape index (κ2) is 16.7. The van der Waals surface area contributed by atoms with Crippen molar-refractivity contribution in [3.05, 3.63) is 217 Å². The van der Waals surface area contributed by atoms with E-state index in [0.717, 1.165) is 50.4 Å². The van der Waals surface area contributed by atoms with E-state index in [9.17, 15) is 0 Å². The third-order valence-corrected chi connectivity index (χ3v) is 13.8. The predicted molar refractivity (Wildman–Crippen MR) is 286 cm³/mol. The average Bonchev–Trinajstić information content (AvgIpc) is 3.98. The SMILES string of the molecule is CC(C)(C)c1ccc(-c2ccc(N(c3ccc(-c4ccc(C(C)(C)C)cc4)cc3)c3ccc(-c4ccc5c(c4)c4ccccc4n5-c4ccc(-c5ccccc5)cc4)c4nsnc34)cc2)cc1. The van der Waals surface area contributed by atoms with Gasteiger partial charge < -0.3 is 9.47 Å². The minimum absolute atomic E-state index is 0.101. The molecule has 9 aromatic carbocycles. The van der Waals surface area contributed by atoms with Crippen molar-refractivity contribution in [2.75, 3.05) is 4.90 Å². The molecule has 0 aliphatic heterocycles. The van der Waals surface area contributed by atoms with Gasteiger partial charge in [-0.2, -0.15) is 8.75 Å². The number of anilines is 3. The van der Waals surface area contributed by atoms with Crippen LogP contribution in [0.15, 0.2) is 206 Å². The maximum Gasteiger partial charge on any atom is 0.129 e. The lowest BCUT2D eigenvalue weighted by atomic mass is 9.86. The molecule has 2 heterocycles. The lowest BCUT2D eigenvalue weighted by Crippen LogP contribution is -2.11. The highest BCUT2D eigenvalue weighted by Gasteiger charge is 2.22. The summed E-state index contributed by atoms with van der Waals surface area (Å²) in [5.74, 6) is 0. The van der Waals surface area contributed by atoms with Crippen molar-refractivity contribution in [2.45, 2.75) is 52.4 Å². The van der Waals surface area contributed by atoms with E-state index in [0.29, 0.717) is 0 Å². The van der Waals surface area contributed by atoms with Gasteiger partial charge in [-0.3, -0.25) is 0 Å². The molecular weight excluding hydrogens is 833 g/mol. The molecule has 4 nitrogen and oxygen atoms in total. The molecule has 0 atom stereocenters. The standard InChI is InChI=1S/C62H52N4S/c1-61(2,3)48-27-16-42(17-28-48)45-20-31-50(32-21-45)65(51-33-22-46(23-34-51)43-18-29-49(30-19-43)62(4,5)6)58-39-37-53(59-60(58)64-67-63-59)47-26-38-57-55(40-47)54-14-10-11-15-56(54)66(57)52-35-24-44(25-36-52)41-12-8-7-9-13-41/h7-40H,1-6H3. The molecule has 326 valence electrons. The molecule has 0 radical (unpaired) electrons. The minimum atomic E-state index is 0.101. The Morgan fingerprint density at radius 2 is 0.836 bits per heavy atom. The van der Waals surface area contributed by atoms with Crippen LogP contribution in [0.2, 0.25) is 0 Å². The quantitative estimate of drug-likeness (QED) is 0.152. The number of rotatable bonds is 8. The third-order valence-electron chi connectivity index (χ3n) is 13.3.